The van der Waals surface area contributed by atoms with Crippen LogP contribution < -0.4 is 20.3 Å². The first kappa shape index (κ1) is 29.3. The van der Waals surface area contributed by atoms with Crippen molar-refractivity contribution in [3.05, 3.63) is 126 Å². The number of aryl methyl sites for hydroxylation is 1. The van der Waals surface area contributed by atoms with Gasteiger partial charge in [0.25, 0.3) is 11.8 Å². The molecule has 1 unspecified atom stereocenters. The molecule has 8 nitrogen and oxygen atoms in total. The van der Waals surface area contributed by atoms with Crippen LogP contribution in [0.2, 0.25) is 0 Å². The lowest BCUT2D eigenvalue weighted by Crippen LogP contribution is -2.31. The SMILES string of the molecule is COc1ccccc1/C=C(\NC(=O)c1ccccc1)C(=O)Nc1ccc(SC2CC(=O)N(c3ccc(C)cc3)C2=O)cc1. The summed E-state index contributed by atoms with van der Waals surface area (Å²) in [5.74, 6) is -0.900. The molecule has 1 atom stereocenters. The van der Waals surface area contributed by atoms with Crippen molar-refractivity contribution >= 4 is 52.8 Å². The van der Waals surface area contributed by atoms with Crippen LogP contribution in [0.4, 0.5) is 11.4 Å². The topological polar surface area (TPSA) is 105 Å². The molecule has 0 aliphatic carbocycles. The Morgan fingerprint density at radius 2 is 1.56 bits per heavy atom. The van der Waals surface area contributed by atoms with Crippen molar-refractivity contribution in [2.45, 2.75) is 23.5 Å². The molecule has 1 fully saturated rings. The maximum absolute atomic E-state index is 13.4. The van der Waals surface area contributed by atoms with Crippen LogP contribution in [-0.2, 0) is 14.4 Å². The molecule has 4 aromatic carbocycles. The van der Waals surface area contributed by atoms with Crippen molar-refractivity contribution in [3.63, 3.8) is 0 Å². The smallest absolute Gasteiger partial charge is 0.272 e. The van der Waals surface area contributed by atoms with Crippen LogP contribution in [0.15, 0.2) is 114 Å². The molecule has 1 saturated heterocycles. The number of nitrogens with one attached hydrogen (secondary N) is 2. The second-order valence-electron chi connectivity index (χ2n) is 9.81. The molecule has 9 heteroatoms. The molecule has 216 valence electrons. The zero-order valence-electron chi connectivity index (χ0n) is 23.6. The molecule has 0 bridgehead atoms. The number of para-hydroxylation sites is 1. The van der Waals surface area contributed by atoms with Gasteiger partial charge in [-0.15, -0.1) is 11.8 Å². The Morgan fingerprint density at radius 1 is 0.884 bits per heavy atom. The van der Waals surface area contributed by atoms with Crippen molar-refractivity contribution < 1.29 is 23.9 Å². The van der Waals surface area contributed by atoms with Gasteiger partial charge in [0.05, 0.1) is 18.0 Å². The number of amides is 4. The number of carbonyl (C=O) groups is 4. The highest BCUT2D eigenvalue weighted by atomic mass is 32.2. The second-order valence-corrected chi connectivity index (χ2v) is 11.1. The quantitative estimate of drug-likeness (QED) is 0.187. The van der Waals surface area contributed by atoms with Gasteiger partial charge in [-0.25, -0.2) is 4.90 Å². The fourth-order valence-corrected chi connectivity index (χ4v) is 5.58. The first-order valence-corrected chi connectivity index (χ1v) is 14.4. The van der Waals surface area contributed by atoms with Crippen LogP contribution in [-0.4, -0.2) is 36.0 Å². The number of thioether (sulfide) groups is 1. The monoisotopic (exact) mass is 591 g/mol. The number of benzene rings is 4. The van der Waals surface area contributed by atoms with E-state index >= 15 is 0 Å². The van der Waals surface area contributed by atoms with E-state index in [-0.39, 0.29) is 23.9 Å². The Hall–Kier alpha value is -5.15. The van der Waals surface area contributed by atoms with E-state index in [1.54, 1.807) is 84.9 Å². The Kier molecular flexibility index (Phi) is 9.02. The molecule has 5 rings (SSSR count). The summed E-state index contributed by atoms with van der Waals surface area (Å²) in [6.07, 6.45) is 1.66. The molecule has 0 spiro atoms. The Morgan fingerprint density at radius 3 is 2.26 bits per heavy atom. The maximum atomic E-state index is 13.4. The molecule has 4 aromatic rings. The number of hydrogen-bond acceptors (Lipinski definition) is 6. The van der Waals surface area contributed by atoms with Gasteiger partial charge >= 0.3 is 0 Å². The summed E-state index contributed by atoms with van der Waals surface area (Å²) in [6, 6.07) is 30.0. The zero-order chi connectivity index (χ0) is 30.3. The zero-order valence-corrected chi connectivity index (χ0v) is 24.4. The van der Waals surface area contributed by atoms with Crippen LogP contribution >= 0.6 is 11.8 Å². The summed E-state index contributed by atoms with van der Waals surface area (Å²) in [4.78, 5) is 54.0. The molecule has 43 heavy (non-hydrogen) atoms. The first-order chi connectivity index (χ1) is 20.8. The van der Waals surface area contributed by atoms with Crippen LogP contribution in [0, 0.1) is 6.92 Å². The number of ether oxygens (including phenoxy) is 1. The van der Waals surface area contributed by atoms with Crippen LogP contribution in [0.3, 0.4) is 0 Å². The summed E-state index contributed by atoms with van der Waals surface area (Å²) in [6.45, 7) is 1.94. The van der Waals surface area contributed by atoms with E-state index in [1.807, 2.05) is 31.2 Å². The fraction of sp³-hybridized carbons (Fsp3) is 0.118. The van der Waals surface area contributed by atoms with Crippen molar-refractivity contribution in [3.8, 4) is 5.75 Å². The lowest BCUT2D eigenvalue weighted by molar-refractivity contribution is -0.121. The molecule has 0 radical (unpaired) electrons. The highest BCUT2D eigenvalue weighted by Crippen LogP contribution is 2.34. The molecule has 4 amide bonds. The third-order valence-corrected chi connectivity index (χ3v) is 7.95. The van der Waals surface area contributed by atoms with Crippen molar-refractivity contribution in [2.24, 2.45) is 0 Å². The van der Waals surface area contributed by atoms with E-state index in [0.717, 1.165) is 10.5 Å². The molecule has 1 aliphatic heterocycles. The minimum Gasteiger partial charge on any atom is -0.496 e. The van der Waals surface area contributed by atoms with E-state index in [1.165, 1.54) is 23.8 Å². The van der Waals surface area contributed by atoms with Crippen LogP contribution in [0.5, 0.6) is 5.75 Å². The van der Waals surface area contributed by atoms with Gasteiger partial charge in [-0.1, -0.05) is 54.1 Å². The minimum atomic E-state index is -0.544. The van der Waals surface area contributed by atoms with Gasteiger partial charge in [0.15, 0.2) is 0 Å². The van der Waals surface area contributed by atoms with Gasteiger partial charge in [-0.3, -0.25) is 19.2 Å². The normalized spacial score (nSPS) is 14.9. The van der Waals surface area contributed by atoms with E-state index in [9.17, 15) is 19.2 Å². The summed E-state index contributed by atoms with van der Waals surface area (Å²) in [5, 5.41) is 5.00. The third kappa shape index (κ3) is 7.02. The number of hydrogen-bond donors (Lipinski definition) is 2. The van der Waals surface area contributed by atoms with Crippen molar-refractivity contribution in [2.75, 3.05) is 17.3 Å². The average Bonchev–Trinajstić information content (AvgIpc) is 3.30. The van der Waals surface area contributed by atoms with Crippen LogP contribution in [0.25, 0.3) is 6.08 Å². The van der Waals surface area contributed by atoms with Gasteiger partial charge in [0, 0.05) is 28.1 Å². The van der Waals surface area contributed by atoms with E-state index in [2.05, 4.69) is 10.6 Å². The van der Waals surface area contributed by atoms with Crippen molar-refractivity contribution in [1.29, 1.82) is 0 Å². The standard InChI is InChI=1S/C34H29N3O5S/c1-22-12-16-26(17-13-22)37-31(38)21-30(34(37)41)43-27-18-14-25(15-19-27)35-33(40)28(20-24-10-6-7-11-29(24)42-2)36-32(39)23-8-4-3-5-9-23/h3-20,30H,21H2,1-2H3,(H,35,40)(H,36,39)/b28-20-. The van der Waals surface area contributed by atoms with Crippen LogP contribution in [0.1, 0.15) is 27.9 Å². The van der Waals surface area contributed by atoms with E-state index in [4.69, 9.17) is 4.74 Å². The largest absolute Gasteiger partial charge is 0.496 e. The average molecular weight is 592 g/mol. The van der Waals surface area contributed by atoms with Crippen molar-refractivity contribution in [1.82, 2.24) is 5.32 Å². The number of nitrogens with zero attached hydrogens (tertiary/aromatic N) is 1. The predicted octanol–water partition coefficient (Wildman–Crippen LogP) is 5.84. The van der Waals surface area contributed by atoms with E-state index in [0.29, 0.717) is 28.3 Å². The summed E-state index contributed by atoms with van der Waals surface area (Å²) in [5.41, 5.74) is 3.15. The lowest BCUT2D eigenvalue weighted by atomic mass is 10.1. The highest BCUT2D eigenvalue weighted by molar-refractivity contribution is 8.00. The number of methoxy groups -OCH3 is 1. The predicted molar refractivity (Wildman–Crippen MR) is 168 cm³/mol. The van der Waals surface area contributed by atoms with Gasteiger partial charge in [-0.2, -0.15) is 0 Å². The Bertz CT molecular complexity index is 1690. The molecule has 1 aliphatic rings. The molecular weight excluding hydrogens is 562 g/mol. The van der Waals surface area contributed by atoms with Gasteiger partial charge in [0.1, 0.15) is 11.4 Å². The third-order valence-electron chi connectivity index (χ3n) is 6.76. The lowest BCUT2D eigenvalue weighted by Gasteiger charge is -2.15. The maximum Gasteiger partial charge on any atom is 0.272 e. The number of imide groups is 1. The summed E-state index contributed by atoms with van der Waals surface area (Å²) >= 11 is 1.30. The Labute approximate surface area is 253 Å². The van der Waals surface area contributed by atoms with Gasteiger partial charge in [0.2, 0.25) is 11.8 Å². The molecule has 0 aromatic heterocycles. The molecule has 2 N–H and O–H groups in total. The van der Waals surface area contributed by atoms with Gasteiger partial charge in [-0.05, 0) is 67.6 Å². The number of rotatable bonds is 9. The first-order valence-electron chi connectivity index (χ1n) is 13.5. The highest BCUT2D eigenvalue weighted by Gasteiger charge is 2.40. The minimum absolute atomic E-state index is 0.0306. The van der Waals surface area contributed by atoms with Gasteiger partial charge < -0.3 is 15.4 Å². The summed E-state index contributed by atoms with van der Waals surface area (Å²) in [7, 11) is 1.53. The van der Waals surface area contributed by atoms with E-state index < -0.39 is 17.1 Å². The molecule has 1 heterocycles. The molecular formula is C34H29N3O5S. The Balaban J connectivity index is 1.29. The fourth-order valence-electron chi connectivity index (χ4n) is 4.52. The number of anilines is 2. The summed E-state index contributed by atoms with van der Waals surface area (Å²) < 4.78 is 5.41. The second kappa shape index (κ2) is 13.2. The number of carbonyl (C=O) groups excluding carboxylic acids is 4. The molecule has 0 saturated carbocycles.